The van der Waals surface area contributed by atoms with Gasteiger partial charge in [0.1, 0.15) is 16.7 Å². The fourth-order valence-corrected chi connectivity index (χ4v) is 2.09. The van der Waals surface area contributed by atoms with E-state index in [1.165, 1.54) is 13.2 Å². The summed E-state index contributed by atoms with van der Waals surface area (Å²) in [5.41, 5.74) is 0.498. The third-order valence-electron chi connectivity index (χ3n) is 2.37. The molecular weight excluding hydrogens is 375 g/mol. The van der Waals surface area contributed by atoms with Crippen LogP contribution < -0.4 is 10.1 Å². The molecule has 4 nitrogen and oxygen atoms in total. The fourth-order valence-electron chi connectivity index (χ4n) is 1.49. The molecule has 2 rings (SSSR count). The van der Waals surface area contributed by atoms with Crippen LogP contribution in [0.1, 0.15) is 5.82 Å². The van der Waals surface area contributed by atoms with Gasteiger partial charge in [0.15, 0.2) is 0 Å². The number of aromatic nitrogens is 2. The lowest BCUT2D eigenvalue weighted by molar-refractivity contribution is -0.144. The molecule has 0 spiro atoms. The van der Waals surface area contributed by atoms with E-state index in [1.807, 2.05) is 0 Å². The van der Waals surface area contributed by atoms with Gasteiger partial charge in [-0.3, -0.25) is 0 Å². The fraction of sp³-hybridized carbons (Fsp3) is 0.167. The van der Waals surface area contributed by atoms with Gasteiger partial charge in [-0.1, -0.05) is 11.6 Å². The number of hydrogen-bond donors (Lipinski definition) is 1. The van der Waals surface area contributed by atoms with Gasteiger partial charge >= 0.3 is 6.18 Å². The quantitative estimate of drug-likeness (QED) is 0.784. The second-order valence-corrected chi connectivity index (χ2v) is 5.11. The van der Waals surface area contributed by atoms with E-state index < -0.39 is 12.0 Å². The van der Waals surface area contributed by atoms with E-state index >= 15 is 0 Å². The van der Waals surface area contributed by atoms with Crippen LogP contribution in [0.4, 0.5) is 24.7 Å². The minimum atomic E-state index is -4.67. The van der Waals surface area contributed by atoms with Gasteiger partial charge in [-0.15, -0.1) is 0 Å². The maximum Gasteiger partial charge on any atom is 0.451 e. The first-order chi connectivity index (χ1) is 9.79. The number of anilines is 2. The molecule has 2 aromatic rings. The molecule has 0 fully saturated rings. The number of hydrogen-bond acceptors (Lipinski definition) is 4. The first-order valence-corrected chi connectivity index (χ1v) is 6.69. The van der Waals surface area contributed by atoms with Crippen molar-refractivity contribution in [3.63, 3.8) is 0 Å². The molecule has 0 saturated carbocycles. The summed E-state index contributed by atoms with van der Waals surface area (Å²) in [7, 11) is 1.48. The molecule has 1 aromatic heterocycles. The van der Waals surface area contributed by atoms with Crippen LogP contribution in [0.2, 0.25) is 5.15 Å². The number of halogens is 5. The first-order valence-electron chi connectivity index (χ1n) is 5.52. The monoisotopic (exact) mass is 381 g/mol. The van der Waals surface area contributed by atoms with Gasteiger partial charge in [0.2, 0.25) is 5.82 Å². The zero-order valence-electron chi connectivity index (χ0n) is 10.5. The van der Waals surface area contributed by atoms with E-state index in [-0.39, 0.29) is 11.0 Å². The summed E-state index contributed by atoms with van der Waals surface area (Å²) >= 11 is 8.86. The molecule has 21 heavy (non-hydrogen) atoms. The lowest BCUT2D eigenvalue weighted by atomic mass is 10.3. The highest BCUT2D eigenvalue weighted by molar-refractivity contribution is 9.10. The molecule has 0 aliphatic carbocycles. The van der Waals surface area contributed by atoms with Crippen LogP contribution in [-0.2, 0) is 6.18 Å². The van der Waals surface area contributed by atoms with Crippen molar-refractivity contribution in [3.8, 4) is 5.75 Å². The van der Waals surface area contributed by atoms with E-state index in [9.17, 15) is 13.2 Å². The van der Waals surface area contributed by atoms with Crippen molar-refractivity contribution in [2.75, 3.05) is 12.4 Å². The van der Waals surface area contributed by atoms with Gasteiger partial charge in [0.05, 0.1) is 11.6 Å². The topological polar surface area (TPSA) is 47.0 Å². The molecule has 112 valence electrons. The van der Waals surface area contributed by atoms with Gasteiger partial charge in [-0.25, -0.2) is 9.97 Å². The molecule has 0 saturated heterocycles. The Kier molecular flexibility index (Phi) is 4.58. The maximum atomic E-state index is 12.6. The summed E-state index contributed by atoms with van der Waals surface area (Å²) in [5.74, 6) is -0.843. The molecule has 0 radical (unpaired) electrons. The van der Waals surface area contributed by atoms with Crippen LogP contribution in [-0.4, -0.2) is 17.1 Å². The Morgan fingerprint density at radius 1 is 1.24 bits per heavy atom. The second-order valence-electron chi connectivity index (χ2n) is 3.87. The van der Waals surface area contributed by atoms with Gasteiger partial charge in [0, 0.05) is 17.8 Å². The Bertz CT molecular complexity index is 667. The SMILES string of the molecule is COc1cc(Nc2cc(Cl)nc(C(F)(F)F)n2)ccc1Br. The van der Waals surface area contributed by atoms with E-state index in [0.29, 0.717) is 15.9 Å². The molecule has 0 amide bonds. The predicted octanol–water partition coefficient (Wildman–Crippen LogP) is 4.66. The Labute approximate surface area is 131 Å². The molecule has 0 unspecified atom stereocenters. The Balaban J connectivity index is 2.33. The smallest absolute Gasteiger partial charge is 0.451 e. The van der Waals surface area contributed by atoms with Crippen LogP contribution in [0.15, 0.2) is 28.7 Å². The summed E-state index contributed by atoms with van der Waals surface area (Å²) in [4.78, 5) is 6.55. The normalized spacial score (nSPS) is 11.3. The van der Waals surface area contributed by atoms with Crippen molar-refractivity contribution in [1.82, 2.24) is 9.97 Å². The maximum absolute atomic E-state index is 12.6. The number of nitrogens with zero attached hydrogens (tertiary/aromatic N) is 2. The lowest BCUT2D eigenvalue weighted by Gasteiger charge is -2.11. The molecule has 1 aromatic carbocycles. The van der Waals surface area contributed by atoms with E-state index in [4.69, 9.17) is 16.3 Å². The second kappa shape index (κ2) is 6.07. The third-order valence-corrected chi connectivity index (χ3v) is 3.22. The van der Waals surface area contributed by atoms with E-state index in [0.717, 1.165) is 0 Å². The molecule has 0 atom stereocenters. The number of rotatable bonds is 3. The van der Waals surface area contributed by atoms with Crippen molar-refractivity contribution in [2.45, 2.75) is 6.18 Å². The van der Waals surface area contributed by atoms with Crippen molar-refractivity contribution in [3.05, 3.63) is 39.7 Å². The number of benzene rings is 1. The van der Waals surface area contributed by atoms with Crippen LogP contribution in [0, 0.1) is 0 Å². The van der Waals surface area contributed by atoms with Crippen LogP contribution in [0.3, 0.4) is 0 Å². The van der Waals surface area contributed by atoms with Crippen LogP contribution in [0.25, 0.3) is 0 Å². The van der Waals surface area contributed by atoms with Crippen molar-refractivity contribution in [2.24, 2.45) is 0 Å². The van der Waals surface area contributed by atoms with Crippen LogP contribution >= 0.6 is 27.5 Å². The van der Waals surface area contributed by atoms with Gasteiger partial charge in [-0.2, -0.15) is 13.2 Å². The molecule has 1 heterocycles. The molecular formula is C12H8BrClF3N3O. The predicted molar refractivity (Wildman–Crippen MR) is 76.0 cm³/mol. The molecule has 0 aliphatic heterocycles. The molecule has 1 N–H and O–H groups in total. The Hall–Kier alpha value is -1.54. The van der Waals surface area contributed by atoms with E-state index in [2.05, 4.69) is 31.2 Å². The third kappa shape index (κ3) is 3.98. The highest BCUT2D eigenvalue weighted by Gasteiger charge is 2.35. The highest BCUT2D eigenvalue weighted by Crippen LogP contribution is 2.31. The average molecular weight is 383 g/mol. The molecule has 9 heteroatoms. The molecule has 0 bridgehead atoms. The average Bonchev–Trinajstić information content (AvgIpc) is 2.39. The number of nitrogens with one attached hydrogen (secondary N) is 1. The van der Waals surface area contributed by atoms with Crippen molar-refractivity contribution >= 4 is 39.0 Å². The number of ether oxygens (including phenoxy) is 1. The Morgan fingerprint density at radius 2 is 1.95 bits per heavy atom. The first kappa shape index (κ1) is 15.8. The van der Waals surface area contributed by atoms with Gasteiger partial charge in [-0.05, 0) is 28.1 Å². The number of alkyl halides is 3. The standard InChI is InChI=1S/C12H8BrClF3N3O/c1-21-8-4-6(2-3-7(8)13)18-10-5-9(14)19-11(20-10)12(15,16)17/h2-5H,1H3,(H,18,19,20). The Morgan fingerprint density at radius 3 is 2.57 bits per heavy atom. The van der Waals surface area contributed by atoms with Crippen molar-refractivity contribution < 1.29 is 17.9 Å². The molecule has 0 aliphatic rings. The van der Waals surface area contributed by atoms with Gasteiger partial charge in [0.25, 0.3) is 0 Å². The van der Waals surface area contributed by atoms with Gasteiger partial charge < -0.3 is 10.1 Å². The minimum Gasteiger partial charge on any atom is -0.495 e. The van der Waals surface area contributed by atoms with Crippen LogP contribution in [0.5, 0.6) is 5.75 Å². The summed E-state index contributed by atoms with van der Waals surface area (Å²) in [5, 5.41) is 2.42. The summed E-state index contributed by atoms with van der Waals surface area (Å²) in [6, 6.07) is 6.14. The highest BCUT2D eigenvalue weighted by atomic mass is 79.9. The number of methoxy groups -OCH3 is 1. The summed E-state index contributed by atoms with van der Waals surface area (Å²) in [6.07, 6.45) is -4.67. The van der Waals surface area contributed by atoms with Crippen molar-refractivity contribution in [1.29, 1.82) is 0 Å². The zero-order chi connectivity index (χ0) is 15.6. The minimum absolute atomic E-state index is 0.0632. The summed E-state index contributed by atoms with van der Waals surface area (Å²) < 4.78 is 43.7. The largest absolute Gasteiger partial charge is 0.495 e. The lowest BCUT2D eigenvalue weighted by Crippen LogP contribution is -2.12. The zero-order valence-corrected chi connectivity index (χ0v) is 12.8. The summed E-state index contributed by atoms with van der Waals surface area (Å²) in [6.45, 7) is 0. The van der Waals surface area contributed by atoms with E-state index in [1.54, 1.807) is 18.2 Å².